The third kappa shape index (κ3) is 3.44. The van der Waals surface area contributed by atoms with Crippen LogP contribution >= 0.6 is 11.6 Å². The predicted molar refractivity (Wildman–Crippen MR) is 77.8 cm³/mol. The Morgan fingerprint density at radius 2 is 2.05 bits per heavy atom. The summed E-state index contributed by atoms with van der Waals surface area (Å²) in [7, 11) is 0. The predicted octanol–water partition coefficient (Wildman–Crippen LogP) is 3.38. The molecule has 1 aliphatic heterocycles. The molecular weight excluding hydrogens is 278 g/mol. The number of amides is 1. The molecule has 1 saturated heterocycles. The highest BCUT2D eigenvalue weighted by atomic mass is 35.5. The van der Waals surface area contributed by atoms with Crippen LogP contribution in [0, 0.1) is 0 Å². The molecule has 0 aromatic heterocycles. The number of β-amino-alcohol motifs (C(OH)–C–C–N with tert-alkyl or cyclic N) is 1. The Morgan fingerprint density at radius 3 is 2.65 bits per heavy atom. The molecule has 1 amide bonds. The molecule has 0 spiro atoms. The van der Waals surface area contributed by atoms with Crippen molar-refractivity contribution in [2.24, 2.45) is 0 Å². The average Bonchev–Trinajstić information content (AvgIpc) is 2.69. The fraction of sp³-hybridized carbons (Fsp3) is 0.533. The van der Waals surface area contributed by atoms with Crippen LogP contribution < -0.4 is 0 Å². The molecular formula is C15H20ClNO3. The van der Waals surface area contributed by atoms with Gasteiger partial charge >= 0.3 is 6.09 Å². The maximum Gasteiger partial charge on any atom is 0.410 e. The number of aliphatic hydroxyl groups is 1. The molecule has 0 bridgehead atoms. The monoisotopic (exact) mass is 297 g/mol. The van der Waals surface area contributed by atoms with Crippen LogP contribution in [0.25, 0.3) is 0 Å². The maximum absolute atomic E-state index is 12.3. The van der Waals surface area contributed by atoms with Gasteiger partial charge in [0.2, 0.25) is 0 Å². The summed E-state index contributed by atoms with van der Waals surface area (Å²) in [6.07, 6.45) is -0.494. The zero-order chi connectivity index (χ0) is 14.9. The highest BCUT2D eigenvalue weighted by Gasteiger charge is 2.38. The van der Waals surface area contributed by atoms with Gasteiger partial charge in [-0.3, -0.25) is 4.90 Å². The van der Waals surface area contributed by atoms with Gasteiger partial charge in [-0.05, 0) is 38.8 Å². The first kappa shape index (κ1) is 15.1. The van der Waals surface area contributed by atoms with E-state index in [1.54, 1.807) is 11.0 Å². The second-order valence-corrected chi connectivity index (χ2v) is 6.47. The van der Waals surface area contributed by atoms with Crippen molar-refractivity contribution in [2.75, 3.05) is 6.54 Å². The van der Waals surface area contributed by atoms with E-state index in [1.807, 2.05) is 39.0 Å². The number of halogens is 1. The largest absolute Gasteiger partial charge is 0.444 e. The number of aliphatic hydroxyl groups excluding tert-OH is 1. The van der Waals surface area contributed by atoms with Gasteiger partial charge in [0.25, 0.3) is 0 Å². The lowest BCUT2D eigenvalue weighted by molar-refractivity contribution is 0.0206. The molecule has 2 atom stereocenters. The van der Waals surface area contributed by atoms with E-state index in [9.17, 15) is 9.90 Å². The quantitative estimate of drug-likeness (QED) is 0.864. The number of nitrogens with zero attached hydrogens (tertiary/aromatic N) is 1. The number of likely N-dealkylation sites (tertiary alicyclic amines) is 1. The fourth-order valence-corrected chi connectivity index (χ4v) is 2.64. The van der Waals surface area contributed by atoms with E-state index in [0.717, 1.165) is 5.56 Å². The molecule has 1 fully saturated rings. The summed E-state index contributed by atoms with van der Waals surface area (Å²) in [5, 5.41) is 10.5. The Kier molecular flexibility index (Phi) is 4.25. The number of hydrogen-bond acceptors (Lipinski definition) is 3. The van der Waals surface area contributed by atoms with Gasteiger partial charge in [-0.25, -0.2) is 4.79 Å². The van der Waals surface area contributed by atoms with Crippen molar-refractivity contribution < 1.29 is 14.6 Å². The number of carbonyl (C=O) groups is 1. The van der Waals surface area contributed by atoms with E-state index in [-0.39, 0.29) is 12.6 Å². The van der Waals surface area contributed by atoms with Crippen molar-refractivity contribution in [3.05, 3.63) is 34.9 Å². The van der Waals surface area contributed by atoms with Crippen molar-refractivity contribution in [2.45, 2.75) is 44.9 Å². The van der Waals surface area contributed by atoms with Gasteiger partial charge in [0.1, 0.15) is 5.60 Å². The summed E-state index contributed by atoms with van der Waals surface area (Å²) >= 11 is 6.19. The molecule has 0 radical (unpaired) electrons. The Hall–Kier alpha value is -1.26. The van der Waals surface area contributed by atoms with Gasteiger partial charge in [0.05, 0.1) is 18.7 Å². The molecule has 1 heterocycles. The molecule has 20 heavy (non-hydrogen) atoms. The lowest BCUT2D eigenvalue weighted by atomic mass is 10.0. The summed E-state index contributed by atoms with van der Waals surface area (Å²) < 4.78 is 5.39. The number of benzene rings is 1. The van der Waals surface area contributed by atoms with Crippen molar-refractivity contribution >= 4 is 17.7 Å². The van der Waals surface area contributed by atoms with E-state index in [4.69, 9.17) is 16.3 Å². The third-order valence-corrected chi connectivity index (χ3v) is 3.52. The van der Waals surface area contributed by atoms with Crippen LogP contribution in [0.2, 0.25) is 5.02 Å². The smallest absolute Gasteiger partial charge is 0.410 e. The van der Waals surface area contributed by atoms with Crippen LogP contribution in [0.1, 0.15) is 38.8 Å². The first-order valence-electron chi connectivity index (χ1n) is 6.70. The first-order chi connectivity index (χ1) is 9.28. The molecule has 2 rings (SSSR count). The van der Waals surface area contributed by atoms with E-state index in [1.165, 1.54) is 0 Å². The van der Waals surface area contributed by atoms with E-state index < -0.39 is 17.8 Å². The van der Waals surface area contributed by atoms with Crippen molar-refractivity contribution in [3.8, 4) is 0 Å². The van der Waals surface area contributed by atoms with Gasteiger partial charge in [-0.1, -0.05) is 29.8 Å². The van der Waals surface area contributed by atoms with E-state index in [0.29, 0.717) is 11.4 Å². The fourth-order valence-electron chi connectivity index (χ4n) is 2.38. The van der Waals surface area contributed by atoms with Gasteiger partial charge in [0.15, 0.2) is 0 Å². The normalized spacial score (nSPS) is 22.9. The van der Waals surface area contributed by atoms with Crippen LogP contribution in [0.3, 0.4) is 0 Å². The summed E-state index contributed by atoms with van der Waals surface area (Å²) in [5.74, 6) is 0. The number of hydrogen-bond donors (Lipinski definition) is 1. The van der Waals surface area contributed by atoms with Crippen LogP contribution in [-0.4, -0.2) is 34.3 Å². The molecule has 1 N–H and O–H groups in total. The molecule has 1 aromatic rings. The highest BCUT2D eigenvalue weighted by Crippen LogP contribution is 2.36. The summed E-state index contributed by atoms with van der Waals surface area (Å²) in [6, 6.07) is 7.14. The minimum Gasteiger partial charge on any atom is -0.444 e. The lowest BCUT2D eigenvalue weighted by Gasteiger charge is -2.29. The van der Waals surface area contributed by atoms with Crippen LogP contribution in [0.4, 0.5) is 4.79 Å². The zero-order valence-electron chi connectivity index (χ0n) is 12.0. The summed E-state index contributed by atoms with van der Waals surface area (Å²) in [5.41, 5.74) is 0.284. The summed E-state index contributed by atoms with van der Waals surface area (Å²) in [6.45, 7) is 5.73. The Labute approximate surface area is 124 Å². The number of ether oxygens (including phenoxy) is 1. The Bertz CT molecular complexity index is 498. The van der Waals surface area contributed by atoms with Crippen molar-refractivity contribution in [1.82, 2.24) is 4.90 Å². The minimum atomic E-state index is -0.560. The van der Waals surface area contributed by atoms with E-state index >= 15 is 0 Å². The van der Waals surface area contributed by atoms with Crippen LogP contribution in [0.5, 0.6) is 0 Å². The number of carbonyl (C=O) groups excluding carboxylic acids is 1. The second kappa shape index (κ2) is 5.62. The molecule has 1 aromatic carbocycles. The lowest BCUT2D eigenvalue weighted by Crippen LogP contribution is -2.37. The van der Waals surface area contributed by atoms with E-state index in [2.05, 4.69) is 0 Å². The molecule has 0 aliphatic carbocycles. The van der Waals surface area contributed by atoms with Crippen molar-refractivity contribution in [3.63, 3.8) is 0 Å². The van der Waals surface area contributed by atoms with Crippen LogP contribution in [0.15, 0.2) is 24.3 Å². The zero-order valence-corrected chi connectivity index (χ0v) is 12.7. The number of rotatable bonds is 1. The average molecular weight is 298 g/mol. The molecule has 4 nitrogen and oxygen atoms in total. The third-order valence-electron chi connectivity index (χ3n) is 3.17. The molecule has 0 unspecified atom stereocenters. The SMILES string of the molecule is CC(C)(C)OC(=O)N1C[C@H](O)C[C@@H]1c1ccccc1Cl. The molecule has 1 aliphatic rings. The highest BCUT2D eigenvalue weighted by molar-refractivity contribution is 6.31. The first-order valence-corrected chi connectivity index (χ1v) is 7.08. The Morgan fingerprint density at radius 1 is 1.40 bits per heavy atom. The van der Waals surface area contributed by atoms with Gasteiger partial charge in [0, 0.05) is 5.02 Å². The van der Waals surface area contributed by atoms with Gasteiger partial charge < -0.3 is 9.84 Å². The molecule has 110 valence electrons. The Balaban J connectivity index is 2.23. The molecule has 5 heteroatoms. The standard InChI is InChI=1S/C15H20ClNO3/c1-15(2,3)20-14(19)17-9-10(18)8-13(17)11-6-4-5-7-12(11)16/h4-7,10,13,18H,8-9H2,1-3H3/t10-,13-/m1/s1. The van der Waals surface area contributed by atoms with Gasteiger partial charge in [-0.2, -0.15) is 0 Å². The topological polar surface area (TPSA) is 49.8 Å². The second-order valence-electron chi connectivity index (χ2n) is 6.06. The van der Waals surface area contributed by atoms with Crippen LogP contribution in [-0.2, 0) is 4.74 Å². The summed E-state index contributed by atoms with van der Waals surface area (Å²) in [4.78, 5) is 13.8. The maximum atomic E-state index is 12.3. The van der Waals surface area contributed by atoms with Crippen molar-refractivity contribution in [1.29, 1.82) is 0 Å². The minimum absolute atomic E-state index is 0.242. The molecule has 0 saturated carbocycles. The van der Waals surface area contributed by atoms with Gasteiger partial charge in [-0.15, -0.1) is 0 Å².